The zero-order chi connectivity index (χ0) is 16.4. The average molecular weight is 331 g/mol. The van der Waals surface area contributed by atoms with Gasteiger partial charge in [-0.15, -0.1) is 0 Å². The van der Waals surface area contributed by atoms with Gasteiger partial charge in [-0.05, 0) is 48.7 Å². The maximum Gasteiger partial charge on any atom is 0.256 e. The lowest BCUT2D eigenvalue weighted by Crippen LogP contribution is -2.34. The van der Waals surface area contributed by atoms with E-state index in [1.165, 1.54) is 10.6 Å². The number of anilines is 2. The number of aromatic nitrogens is 1. The first kappa shape index (κ1) is 15.5. The Hall–Kier alpha value is -2.41. The minimum atomic E-state index is -3.30. The summed E-state index contributed by atoms with van der Waals surface area (Å²) in [5.74, 6) is 0.218. The molecule has 1 amide bonds. The van der Waals surface area contributed by atoms with Crippen LogP contribution in [0.2, 0.25) is 0 Å². The van der Waals surface area contributed by atoms with Gasteiger partial charge < -0.3 is 5.32 Å². The molecule has 0 unspecified atom stereocenters. The number of benzene rings is 1. The summed E-state index contributed by atoms with van der Waals surface area (Å²) in [4.78, 5) is 16.4. The van der Waals surface area contributed by atoms with Gasteiger partial charge in [-0.1, -0.05) is 6.07 Å². The second kappa shape index (κ2) is 6.00. The SMILES string of the molecule is CS(=O)(=O)N1CCCc2cc(C(=O)Nc3ccccn3)ccc21. The van der Waals surface area contributed by atoms with Gasteiger partial charge in [-0.2, -0.15) is 0 Å². The van der Waals surface area contributed by atoms with Crippen molar-refractivity contribution in [1.82, 2.24) is 4.98 Å². The minimum Gasteiger partial charge on any atom is -0.307 e. The Balaban J connectivity index is 1.88. The standard InChI is InChI=1S/C16H17N3O3S/c1-23(21,22)19-10-4-5-12-11-13(7-8-14(12)19)16(20)18-15-6-2-3-9-17-15/h2-3,6-9,11H,4-5,10H2,1H3,(H,17,18,20). The van der Waals surface area contributed by atoms with Crippen LogP contribution in [-0.2, 0) is 16.4 Å². The zero-order valence-electron chi connectivity index (χ0n) is 12.7. The van der Waals surface area contributed by atoms with Crippen molar-refractivity contribution >= 4 is 27.4 Å². The molecular formula is C16H17N3O3S. The third kappa shape index (κ3) is 3.34. The van der Waals surface area contributed by atoms with Crippen LogP contribution in [0.25, 0.3) is 0 Å². The van der Waals surface area contributed by atoms with E-state index in [0.717, 1.165) is 18.4 Å². The van der Waals surface area contributed by atoms with Gasteiger partial charge in [-0.3, -0.25) is 9.10 Å². The fraction of sp³-hybridized carbons (Fsp3) is 0.250. The molecule has 0 saturated carbocycles. The molecular weight excluding hydrogens is 314 g/mol. The first-order valence-electron chi connectivity index (χ1n) is 7.28. The molecule has 1 aliphatic heterocycles. The summed E-state index contributed by atoms with van der Waals surface area (Å²) in [6, 6.07) is 10.4. The second-order valence-electron chi connectivity index (χ2n) is 5.45. The molecule has 2 heterocycles. The van der Waals surface area contributed by atoms with Crippen molar-refractivity contribution in [3.63, 3.8) is 0 Å². The molecule has 1 aromatic carbocycles. The Morgan fingerprint density at radius 3 is 2.78 bits per heavy atom. The topological polar surface area (TPSA) is 79.4 Å². The molecule has 0 bridgehead atoms. The number of nitrogens with one attached hydrogen (secondary N) is 1. The number of sulfonamides is 1. The Morgan fingerprint density at radius 1 is 1.26 bits per heavy atom. The number of fused-ring (bicyclic) bond motifs is 1. The lowest BCUT2D eigenvalue weighted by molar-refractivity contribution is 0.102. The number of hydrogen-bond donors (Lipinski definition) is 1. The van der Waals surface area contributed by atoms with Crippen molar-refractivity contribution in [1.29, 1.82) is 0 Å². The summed E-state index contributed by atoms with van der Waals surface area (Å²) in [5.41, 5.74) is 2.02. The minimum absolute atomic E-state index is 0.261. The molecule has 1 N–H and O–H groups in total. The van der Waals surface area contributed by atoms with Crippen molar-refractivity contribution in [2.45, 2.75) is 12.8 Å². The number of pyridine rings is 1. The van der Waals surface area contributed by atoms with E-state index in [2.05, 4.69) is 10.3 Å². The van der Waals surface area contributed by atoms with Crippen molar-refractivity contribution in [2.24, 2.45) is 0 Å². The third-order valence-corrected chi connectivity index (χ3v) is 4.90. The van der Waals surface area contributed by atoms with Crippen LogP contribution in [0.3, 0.4) is 0 Å². The summed E-state index contributed by atoms with van der Waals surface area (Å²) < 4.78 is 25.1. The molecule has 7 heteroatoms. The first-order valence-corrected chi connectivity index (χ1v) is 9.13. The fourth-order valence-corrected chi connectivity index (χ4v) is 3.67. The highest BCUT2D eigenvalue weighted by Gasteiger charge is 2.24. The maximum absolute atomic E-state index is 12.3. The van der Waals surface area contributed by atoms with Crippen LogP contribution in [0.1, 0.15) is 22.3 Å². The molecule has 0 atom stereocenters. The Labute approximate surface area is 135 Å². The van der Waals surface area contributed by atoms with Crippen molar-refractivity contribution in [3.8, 4) is 0 Å². The molecule has 0 aliphatic carbocycles. The van der Waals surface area contributed by atoms with Crippen molar-refractivity contribution in [2.75, 3.05) is 22.4 Å². The van der Waals surface area contributed by atoms with Gasteiger partial charge >= 0.3 is 0 Å². The van der Waals surface area contributed by atoms with E-state index in [1.807, 2.05) is 0 Å². The Kier molecular flexibility index (Phi) is 4.04. The third-order valence-electron chi connectivity index (χ3n) is 3.72. The Bertz CT molecular complexity index is 835. The Morgan fingerprint density at radius 2 is 2.09 bits per heavy atom. The zero-order valence-corrected chi connectivity index (χ0v) is 13.5. The molecule has 120 valence electrons. The summed E-state index contributed by atoms with van der Waals surface area (Å²) in [6.07, 6.45) is 4.30. The van der Waals surface area contributed by atoms with E-state index in [9.17, 15) is 13.2 Å². The van der Waals surface area contributed by atoms with Crippen LogP contribution in [0.4, 0.5) is 11.5 Å². The summed E-state index contributed by atoms with van der Waals surface area (Å²) in [6.45, 7) is 0.477. The average Bonchev–Trinajstić information content (AvgIpc) is 2.53. The molecule has 6 nitrogen and oxygen atoms in total. The molecule has 0 radical (unpaired) electrons. The van der Waals surface area contributed by atoms with Crippen molar-refractivity contribution < 1.29 is 13.2 Å². The van der Waals surface area contributed by atoms with E-state index in [0.29, 0.717) is 23.6 Å². The smallest absolute Gasteiger partial charge is 0.256 e. The number of rotatable bonds is 3. The van der Waals surface area contributed by atoms with E-state index in [4.69, 9.17) is 0 Å². The lowest BCUT2D eigenvalue weighted by atomic mass is 10.0. The molecule has 2 aromatic rings. The molecule has 1 aliphatic rings. The van der Waals surface area contributed by atoms with Crippen LogP contribution >= 0.6 is 0 Å². The van der Waals surface area contributed by atoms with Crippen molar-refractivity contribution in [3.05, 3.63) is 53.7 Å². The van der Waals surface area contributed by atoms with E-state index >= 15 is 0 Å². The normalized spacial score (nSPS) is 14.2. The van der Waals surface area contributed by atoms with Gasteiger partial charge in [0.05, 0.1) is 11.9 Å². The van der Waals surface area contributed by atoms with Crippen LogP contribution in [0, 0.1) is 0 Å². The van der Waals surface area contributed by atoms with Crippen LogP contribution in [0.5, 0.6) is 0 Å². The van der Waals surface area contributed by atoms with E-state index < -0.39 is 10.0 Å². The number of hydrogen-bond acceptors (Lipinski definition) is 4. The largest absolute Gasteiger partial charge is 0.307 e. The van der Waals surface area contributed by atoms with E-state index in [-0.39, 0.29) is 5.91 Å². The molecule has 3 rings (SSSR count). The number of carbonyl (C=O) groups excluding carboxylic acids is 1. The quantitative estimate of drug-likeness (QED) is 0.933. The van der Waals surface area contributed by atoms with E-state index in [1.54, 1.807) is 42.6 Å². The van der Waals surface area contributed by atoms with Gasteiger partial charge in [0.25, 0.3) is 5.91 Å². The number of carbonyl (C=O) groups is 1. The van der Waals surface area contributed by atoms with Gasteiger partial charge in [-0.25, -0.2) is 13.4 Å². The monoisotopic (exact) mass is 331 g/mol. The molecule has 0 fully saturated rings. The predicted octanol–water partition coefficient (Wildman–Crippen LogP) is 2.05. The van der Waals surface area contributed by atoms with Gasteiger partial charge in [0, 0.05) is 18.3 Å². The summed E-state index contributed by atoms with van der Waals surface area (Å²) in [5, 5.41) is 2.72. The lowest BCUT2D eigenvalue weighted by Gasteiger charge is -2.29. The summed E-state index contributed by atoms with van der Waals surface area (Å²) >= 11 is 0. The number of aryl methyl sites for hydroxylation is 1. The number of nitrogens with zero attached hydrogens (tertiary/aromatic N) is 2. The second-order valence-corrected chi connectivity index (χ2v) is 7.36. The summed E-state index contributed by atoms with van der Waals surface area (Å²) in [7, 11) is -3.30. The fourth-order valence-electron chi connectivity index (χ4n) is 2.67. The molecule has 0 saturated heterocycles. The highest BCUT2D eigenvalue weighted by molar-refractivity contribution is 7.92. The van der Waals surface area contributed by atoms with Crippen LogP contribution < -0.4 is 9.62 Å². The maximum atomic E-state index is 12.3. The van der Waals surface area contributed by atoms with Crippen LogP contribution in [0.15, 0.2) is 42.6 Å². The van der Waals surface area contributed by atoms with Gasteiger partial charge in [0.15, 0.2) is 0 Å². The predicted molar refractivity (Wildman–Crippen MR) is 89.1 cm³/mol. The first-order chi connectivity index (χ1) is 10.9. The number of amides is 1. The molecule has 1 aromatic heterocycles. The van der Waals surface area contributed by atoms with Gasteiger partial charge in [0.1, 0.15) is 5.82 Å². The highest BCUT2D eigenvalue weighted by atomic mass is 32.2. The highest BCUT2D eigenvalue weighted by Crippen LogP contribution is 2.30. The molecule has 23 heavy (non-hydrogen) atoms. The van der Waals surface area contributed by atoms with Gasteiger partial charge in [0.2, 0.25) is 10.0 Å². The van der Waals surface area contributed by atoms with Crippen LogP contribution in [-0.4, -0.2) is 32.1 Å². The molecule has 0 spiro atoms.